The number of rotatable bonds is 6. The third-order valence-corrected chi connectivity index (χ3v) is 11.6. The maximum absolute atomic E-state index is 13.9. The summed E-state index contributed by atoms with van der Waals surface area (Å²) in [7, 11) is -1.83. The molecule has 4 aliphatic heterocycles. The number of carbonyl (C=O) groups excluding carboxylic acids is 3. The molecule has 2 fully saturated rings. The molecule has 2 saturated heterocycles. The molecule has 16 nitrogen and oxygen atoms in total. The van der Waals surface area contributed by atoms with E-state index in [1.165, 1.54) is 0 Å². The monoisotopic (exact) mass is 782 g/mol. The molecule has 0 unspecified atom stereocenters. The molecule has 0 aliphatic carbocycles. The van der Waals surface area contributed by atoms with Crippen LogP contribution in [0.5, 0.6) is 5.75 Å². The van der Waals surface area contributed by atoms with E-state index in [2.05, 4.69) is 77.0 Å². The number of alkyl carbamates (subject to hydrolysis) is 1. The third kappa shape index (κ3) is 7.18. The van der Waals surface area contributed by atoms with E-state index >= 15 is 0 Å². The van der Waals surface area contributed by atoms with Crippen molar-refractivity contribution >= 4 is 72.2 Å². The zero-order valence-corrected chi connectivity index (χ0v) is 32.0. The van der Waals surface area contributed by atoms with Crippen LogP contribution in [-0.2, 0) is 10.2 Å². The molecule has 3 amide bonds. The van der Waals surface area contributed by atoms with Crippen molar-refractivity contribution in [2.24, 2.45) is 4.99 Å². The van der Waals surface area contributed by atoms with Crippen LogP contribution in [0.25, 0.3) is 0 Å². The first kappa shape index (κ1) is 37.0. The van der Waals surface area contributed by atoms with E-state index in [0.29, 0.717) is 23.7 Å². The topological polar surface area (TPSA) is 196 Å². The highest BCUT2D eigenvalue weighted by molar-refractivity contribution is 6.88. The molecule has 0 saturated carbocycles. The summed E-state index contributed by atoms with van der Waals surface area (Å²) in [5, 5.41) is 35.9. The number of para-hydroxylation sites is 1. The number of aromatic nitrogens is 3. The molecule has 2 aromatic rings. The molecule has 5 heterocycles. The highest BCUT2D eigenvalue weighted by atomic mass is 35.6. The van der Waals surface area contributed by atoms with Crippen molar-refractivity contribution in [1.29, 1.82) is 0 Å². The lowest BCUT2D eigenvalue weighted by molar-refractivity contribution is 0.0114. The Morgan fingerprint density at radius 3 is 2.67 bits per heavy atom. The predicted octanol–water partition coefficient (Wildman–Crippen LogP) is 1.48. The van der Waals surface area contributed by atoms with Gasteiger partial charge in [0.05, 0.1) is 47.6 Å². The Kier molecular flexibility index (Phi) is 9.67. The number of halogens is 3. The minimum atomic E-state index is -1.87. The molecule has 4 aliphatic rings. The number of benzene rings is 1. The van der Waals surface area contributed by atoms with Crippen LogP contribution in [0.3, 0.4) is 0 Å². The highest BCUT2D eigenvalue weighted by Gasteiger charge is 2.66. The van der Waals surface area contributed by atoms with E-state index in [9.17, 15) is 19.5 Å². The molecule has 5 atom stereocenters. The van der Waals surface area contributed by atoms with Gasteiger partial charge in [0.25, 0.3) is 5.91 Å². The van der Waals surface area contributed by atoms with Crippen LogP contribution in [0.15, 0.2) is 41.8 Å². The lowest BCUT2D eigenvalue weighted by Crippen LogP contribution is -2.74. The van der Waals surface area contributed by atoms with Crippen molar-refractivity contribution in [3.05, 3.63) is 47.9 Å². The summed E-state index contributed by atoms with van der Waals surface area (Å²) in [6.07, 6.45) is 0.115. The van der Waals surface area contributed by atoms with Crippen LogP contribution in [0.1, 0.15) is 36.2 Å². The van der Waals surface area contributed by atoms with Crippen LogP contribution in [0.2, 0.25) is 19.6 Å². The molecule has 6 rings (SSSR count). The van der Waals surface area contributed by atoms with E-state index in [1.54, 1.807) is 23.2 Å². The zero-order valence-electron chi connectivity index (χ0n) is 28.7. The fourth-order valence-electron chi connectivity index (χ4n) is 6.85. The van der Waals surface area contributed by atoms with Gasteiger partial charge >= 0.3 is 12.1 Å². The fourth-order valence-corrected chi connectivity index (χ4v) is 7.87. The molecule has 1 spiro atoms. The maximum atomic E-state index is 13.9. The Bertz CT molecular complexity index is 1780. The second-order valence-electron chi connectivity index (χ2n) is 14.7. The Morgan fingerprint density at radius 2 is 1.98 bits per heavy atom. The first-order valence-corrected chi connectivity index (χ1v) is 21.0. The minimum Gasteiger partial charge on any atom is -0.492 e. The number of carbonyl (C=O) groups is 3. The smallest absolute Gasteiger partial charge is 0.414 e. The summed E-state index contributed by atoms with van der Waals surface area (Å²) in [6.45, 7) is 14.3. The molecule has 276 valence electrons. The number of aliphatic hydroxyl groups is 1. The van der Waals surface area contributed by atoms with E-state index < -0.39 is 66.4 Å². The van der Waals surface area contributed by atoms with Crippen molar-refractivity contribution in [3.63, 3.8) is 0 Å². The fraction of sp³-hybridized carbons (Fsp3) is 0.548. The number of aliphatic hydroxyl groups excluding tert-OH is 1. The first-order valence-electron chi connectivity index (χ1n) is 16.4. The van der Waals surface area contributed by atoms with Crippen molar-refractivity contribution in [3.8, 4) is 5.75 Å². The number of amides is 3. The van der Waals surface area contributed by atoms with Crippen molar-refractivity contribution in [1.82, 2.24) is 46.5 Å². The lowest BCUT2D eigenvalue weighted by Gasteiger charge is -2.47. The van der Waals surface area contributed by atoms with Gasteiger partial charge in [0.1, 0.15) is 26.5 Å². The molecule has 0 radical (unpaired) electrons. The van der Waals surface area contributed by atoms with E-state index in [4.69, 9.17) is 49.3 Å². The number of aliphatic imine (C=N–C) groups is 1. The number of nitrogens with zero attached hydrogens (tertiary/aromatic N) is 5. The van der Waals surface area contributed by atoms with Crippen molar-refractivity contribution in [2.45, 2.75) is 79.0 Å². The SMILES string of the molecule is C=C1N[C@H]2[C@H](CNC(=O)n3cc([Si](C)(C)C)nn3)N=C(NC(=O)OCC(Cl)(Cl)Cl)N3C[C@H](NC(=O)c4cccc5c4OCCC5(C)C)[C@H](O)[C@]23N1. The summed E-state index contributed by atoms with van der Waals surface area (Å²) in [6, 6.07) is 2.48. The van der Waals surface area contributed by atoms with E-state index in [1.807, 2.05) is 6.07 Å². The van der Waals surface area contributed by atoms with Gasteiger partial charge in [0, 0.05) is 18.7 Å². The Labute approximate surface area is 310 Å². The third-order valence-electron chi connectivity index (χ3n) is 9.53. The second-order valence-corrected chi connectivity index (χ2v) is 22.2. The van der Waals surface area contributed by atoms with Gasteiger partial charge in [-0.05, 0) is 17.9 Å². The van der Waals surface area contributed by atoms with Gasteiger partial charge in [-0.15, -0.1) is 5.10 Å². The first-order chi connectivity index (χ1) is 23.8. The van der Waals surface area contributed by atoms with Gasteiger partial charge < -0.3 is 40.7 Å². The van der Waals surface area contributed by atoms with E-state index in [0.717, 1.165) is 22.0 Å². The van der Waals surface area contributed by atoms with Crippen molar-refractivity contribution < 1.29 is 29.0 Å². The molecule has 6 N–H and O–H groups in total. The second kappa shape index (κ2) is 13.3. The number of hydrogen-bond donors (Lipinski definition) is 6. The Morgan fingerprint density at radius 1 is 1.24 bits per heavy atom. The highest BCUT2D eigenvalue weighted by Crippen LogP contribution is 2.42. The molecule has 20 heteroatoms. The minimum absolute atomic E-state index is 0.00614. The summed E-state index contributed by atoms with van der Waals surface area (Å²) in [5.74, 6) is 0.381. The van der Waals surface area contributed by atoms with Gasteiger partial charge in [-0.3, -0.25) is 10.1 Å². The maximum Gasteiger partial charge on any atom is 0.414 e. The zero-order chi connectivity index (χ0) is 37.1. The van der Waals surface area contributed by atoms with Gasteiger partial charge in [-0.1, -0.05) is 92.2 Å². The summed E-state index contributed by atoms with van der Waals surface area (Å²) in [5.41, 5.74) is -0.347. The van der Waals surface area contributed by atoms with Crippen LogP contribution < -0.4 is 36.6 Å². The van der Waals surface area contributed by atoms with E-state index in [-0.39, 0.29) is 24.5 Å². The molecule has 1 aromatic carbocycles. The van der Waals surface area contributed by atoms with Gasteiger partial charge in [-0.25, -0.2) is 14.6 Å². The van der Waals surface area contributed by atoms with Gasteiger partial charge in [0.2, 0.25) is 9.75 Å². The number of guanidine groups is 1. The average molecular weight is 784 g/mol. The van der Waals surface area contributed by atoms with Crippen LogP contribution in [-0.4, -0.2) is 117 Å². The molecular weight excluding hydrogens is 743 g/mol. The lowest BCUT2D eigenvalue weighted by atomic mass is 9.79. The summed E-state index contributed by atoms with van der Waals surface area (Å²) in [4.78, 5) is 46.4. The van der Waals surface area contributed by atoms with Gasteiger partial charge in [-0.2, -0.15) is 4.68 Å². The van der Waals surface area contributed by atoms with Crippen LogP contribution in [0.4, 0.5) is 9.59 Å². The predicted molar refractivity (Wildman–Crippen MR) is 193 cm³/mol. The quantitative estimate of drug-likeness (QED) is 0.184. The largest absolute Gasteiger partial charge is 0.492 e. The Balaban J connectivity index is 1.28. The molecule has 0 bridgehead atoms. The normalized spacial score (nSPS) is 26.3. The number of nitrogens with one attached hydrogen (secondary N) is 5. The summed E-state index contributed by atoms with van der Waals surface area (Å²) >= 11 is 17.4. The molecule has 1 aromatic heterocycles. The standard InChI is InChI=1S/C31H41Cl3N10O6Si/c1-16-36-23-19(12-35-27(47)44-14-21(41-42-44)51(4,5)6)38-26(39-28(48)50-15-30(32,33)34)43-13-20(24(45)31(23,43)40-16)37-25(46)17-8-7-9-18-22(17)49-11-10-29(18,2)3/h7-9,14,19-20,23-24,36,40,45H,1,10-13,15H2,2-6H3,(H,35,47)(H,37,46)(H,38,39,48)/t19-,20-,23-,24-,31-/m0/s1. The number of ether oxygens (including phenoxy) is 2. The summed E-state index contributed by atoms with van der Waals surface area (Å²) < 4.78 is 10.3. The Hall–Kier alpha value is -3.77. The average Bonchev–Trinajstić information content (AvgIpc) is 3.75. The van der Waals surface area contributed by atoms with Crippen LogP contribution in [0, 0.1) is 0 Å². The number of fused-ring (bicyclic) bond motifs is 1. The molecular formula is C31H41Cl3N10O6Si. The molecule has 51 heavy (non-hydrogen) atoms. The van der Waals surface area contributed by atoms with Gasteiger partial charge in [0.15, 0.2) is 5.66 Å². The number of alkyl halides is 3. The number of hydrogen-bond acceptors (Lipinski definition) is 12. The van der Waals surface area contributed by atoms with Crippen LogP contribution >= 0.6 is 34.8 Å². The van der Waals surface area contributed by atoms with Crippen molar-refractivity contribution in [2.75, 3.05) is 26.3 Å².